The maximum Gasteiger partial charge on any atom is 0.150 e. The summed E-state index contributed by atoms with van der Waals surface area (Å²) in [6, 6.07) is 96.6. The van der Waals surface area contributed by atoms with Crippen LogP contribution < -0.4 is 48.0 Å². The molecular formula is C84H67B7N2O3. The Hall–Kier alpha value is -11.2. The molecule has 0 saturated heterocycles. The molecule has 13 aromatic carbocycles. The summed E-state index contributed by atoms with van der Waals surface area (Å²) in [5.41, 5.74) is 30.8. The topological polar surface area (TPSA) is 67.2 Å². The quantitative estimate of drug-likeness (QED) is 0.0751. The normalized spacial score (nSPS) is 14.8. The van der Waals surface area contributed by atoms with E-state index in [0.29, 0.717) is 16.7 Å². The second-order valence-corrected chi connectivity index (χ2v) is 25.9. The van der Waals surface area contributed by atoms with E-state index >= 15 is 0 Å². The van der Waals surface area contributed by atoms with Crippen LogP contribution in [0.15, 0.2) is 280 Å². The molecule has 0 aromatic heterocycles. The highest BCUT2D eigenvalue weighted by molar-refractivity contribution is 6.59. The number of rotatable bonds is 14. The Morgan fingerprint density at radius 2 is 0.562 bits per heavy atom. The van der Waals surface area contributed by atoms with Crippen molar-refractivity contribution in [2.75, 3.05) is 9.80 Å². The molecule has 0 fully saturated rings. The molecule has 12 heteroatoms. The summed E-state index contributed by atoms with van der Waals surface area (Å²) < 4.78 is 0. The average Bonchev–Trinajstić information content (AvgIpc) is 1.50. The molecule has 0 bridgehead atoms. The Balaban J connectivity index is 0.778. The number of phenols is 3. The highest BCUT2D eigenvalue weighted by Crippen LogP contribution is 2.59. The number of hydrogen-bond acceptors (Lipinski definition) is 5. The number of aromatic hydroxyl groups is 3. The minimum absolute atomic E-state index is 0.0869. The van der Waals surface area contributed by atoms with Gasteiger partial charge in [0.1, 0.15) is 66.4 Å². The number of para-hydroxylation sites is 2. The van der Waals surface area contributed by atoms with Crippen LogP contribution in [0.3, 0.4) is 0 Å². The number of anilines is 6. The Kier molecular flexibility index (Phi) is 15.2. The molecule has 0 heterocycles. The van der Waals surface area contributed by atoms with Gasteiger partial charge in [-0.15, -0.1) is 0 Å². The van der Waals surface area contributed by atoms with Gasteiger partial charge in [-0.1, -0.05) is 252 Å². The van der Waals surface area contributed by atoms with Crippen LogP contribution in [0.5, 0.6) is 17.2 Å². The van der Waals surface area contributed by atoms with Gasteiger partial charge in [0.15, 0.2) is 5.75 Å². The highest BCUT2D eigenvalue weighted by Gasteiger charge is 2.50. The smallest absolute Gasteiger partial charge is 0.150 e. The van der Waals surface area contributed by atoms with Crippen LogP contribution in [0.2, 0.25) is 0 Å². The largest absolute Gasteiger partial charge is 0.509 e. The molecular weight excluding hydrogens is 1160 g/mol. The predicted molar refractivity (Wildman–Crippen MR) is 424 cm³/mol. The van der Waals surface area contributed by atoms with Gasteiger partial charge in [-0.3, -0.25) is 0 Å². The zero-order valence-corrected chi connectivity index (χ0v) is 55.2. The third kappa shape index (κ3) is 9.40. The third-order valence-corrected chi connectivity index (χ3v) is 21.1. The van der Waals surface area contributed by atoms with E-state index in [9.17, 15) is 15.3 Å². The van der Waals surface area contributed by atoms with Crippen LogP contribution in [0.1, 0.15) is 55.6 Å². The molecule has 2 aliphatic carbocycles. The molecule has 2 atom stereocenters. The zero-order valence-electron chi connectivity index (χ0n) is 55.2. The van der Waals surface area contributed by atoms with E-state index in [0.717, 1.165) is 134 Å². The Morgan fingerprint density at radius 3 is 0.938 bits per heavy atom. The lowest BCUT2D eigenvalue weighted by molar-refractivity contribution is 0.409. The second kappa shape index (κ2) is 24.0. The highest BCUT2D eigenvalue weighted by atomic mass is 16.3. The molecule has 5 nitrogen and oxygen atoms in total. The van der Waals surface area contributed by atoms with E-state index in [4.69, 9.17) is 0 Å². The number of fused-ring (bicyclic) bond motifs is 6. The second-order valence-electron chi connectivity index (χ2n) is 25.9. The monoisotopic (exact) mass is 1230 g/mol. The van der Waals surface area contributed by atoms with Gasteiger partial charge < -0.3 is 25.1 Å². The lowest BCUT2D eigenvalue weighted by Crippen LogP contribution is -2.50. The average molecular weight is 1230 g/mol. The first-order valence-corrected chi connectivity index (χ1v) is 33.0. The SMILES string of the molecule is Bc1c(B)c(C2(c3ccc(C=C)cc3)c3ccccc3-c3ccc(N(c4ccccc4)c4ccc(-c5ccc(-c6ccc(N(c7ccccc7)c7ccc8c(c7)C(c7ccc(C=C)cc7)(c7c(B)c(B)c(O)c(O)c7B)c7ccccc7-8)cc6)cc5)cc4)cc32)c(B)c(B)c1O. The van der Waals surface area contributed by atoms with Crippen molar-refractivity contribution in [1.82, 2.24) is 0 Å². The molecule has 3 N–H and O–H groups in total. The first-order valence-electron chi connectivity index (χ1n) is 33.0. The molecule has 2 aliphatic rings. The number of nitrogens with zero attached hydrogens (tertiary/aromatic N) is 2. The van der Waals surface area contributed by atoms with Gasteiger partial charge in [0.2, 0.25) is 0 Å². The fraction of sp³-hybridized carbons (Fsp3) is 0.0238. The van der Waals surface area contributed by atoms with Crippen LogP contribution in [0, 0.1) is 0 Å². The molecule has 0 aliphatic heterocycles. The van der Waals surface area contributed by atoms with Crippen molar-refractivity contribution in [1.29, 1.82) is 0 Å². The molecule has 452 valence electrons. The fourth-order valence-corrected chi connectivity index (χ4v) is 16.0. The summed E-state index contributed by atoms with van der Waals surface area (Å²) >= 11 is 0. The van der Waals surface area contributed by atoms with E-state index in [1.165, 1.54) is 27.8 Å². The van der Waals surface area contributed by atoms with Gasteiger partial charge in [0, 0.05) is 34.1 Å². The van der Waals surface area contributed by atoms with E-state index in [-0.39, 0.29) is 11.5 Å². The number of benzene rings is 13. The van der Waals surface area contributed by atoms with Crippen molar-refractivity contribution in [3.05, 3.63) is 336 Å². The molecule has 0 spiro atoms. The van der Waals surface area contributed by atoms with Crippen molar-refractivity contribution in [3.8, 4) is 61.8 Å². The summed E-state index contributed by atoms with van der Waals surface area (Å²) in [4.78, 5) is 4.69. The predicted octanol–water partition coefficient (Wildman–Crippen LogP) is 8.90. The summed E-state index contributed by atoms with van der Waals surface area (Å²) in [5, 5.41) is 34.6. The van der Waals surface area contributed by atoms with Crippen molar-refractivity contribution < 1.29 is 15.3 Å². The van der Waals surface area contributed by atoms with Gasteiger partial charge >= 0.3 is 0 Å². The molecule has 0 amide bonds. The molecule has 2 unspecified atom stereocenters. The van der Waals surface area contributed by atoms with Crippen molar-refractivity contribution >= 4 is 139 Å². The first kappa shape index (κ1) is 61.0. The van der Waals surface area contributed by atoms with Gasteiger partial charge in [-0.2, -0.15) is 0 Å². The summed E-state index contributed by atoms with van der Waals surface area (Å²) in [6.45, 7) is 8.18. The van der Waals surface area contributed by atoms with Crippen molar-refractivity contribution in [2.24, 2.45) is 0 Å². The van der Waals surface area contributed by atoms with Crippen LogP contribution in [0.4, 0.5) is 34.1 Å². The molecule has 13 aromatic rings. The van der Waals surface area contributed by atoms with Gasteiger partial charge in [-0.25, -0.2) is 0 Å². The minimum Gasteiger partial charge on any atom is -0.509 e. The number of hydrogen-bond donors (Lipinski definition) is 3. The fourth-order valence-electron chi connectivity index (χ4n) is 16.0. The van der Waals surface area contributed by atoms with Crippen LogP contribution in [-0.4, -0.2) is 70.2 Å². The van der Waals surface area contributed by atoms with Crippen molar-refractivity contribution in [2.45, 2.75) is 10.8 Å². The first-order chi connectivity index (χ1) is 46.7. The third-order valence-electron chi connectivity index (χ3n) is 21.1. The van der Waals surface area contributed by atoms with Crippen LogP contribution in [-0.2, 0) is 10.8 Å². The Morgan fingerprint density at radius 1 is 0.271 bits per heavy atom. The lowest BCUT2D eigenvalue weighted by atomic mass is 9.56. The van der Waals surface area contributed by atoms with Gasteiger partial charge in [-0.05, 0) is 178 Å². The van der Waals surface area contributed by atoms with Gasteiger partial charge in [0.05, 0.1) is 10.8 Å². The maximum absolute atomic E-state index is 11.7. The number of phenolic OH excluding ortho intramolecular Hbond substituents is 3. The minimum atomic E-state index is -0.867. The van der Waals surface area contributed by atoms with Crippen LogP contribution in [0.25, 0.3) is 56.7 Å². The van der Waals surface area contributed by atoms with Crippen molar-refractivity contribution in [3.63, 3.8) is 0 Å². The summed E-state index contributed by atoms with van der Waals surface area (Å²) in [5.74, 6) is 0.165. The van der Waals surface area contributed by atoms with E-state index in [1.54, 1.807) is 0 Å². The molecule has 0 radical (unpaired) electrons. The molecule has 96 heavy (non-hydrogen) atoms. The van der Waals surface area contributed by atoms with E-state index in [2.05, 4.69) is 313 Å². The summed E-state index contributed by atoms with van der Waals surface area (Å²) in [7, 11) is 14.3. The lowest BCUT2D eigenvalue weighted by Gasteiger charge is -2.39. The maximum atomic E-state index is 11.7. The van der Waals surface area contributed by atoms with Gasteiger partial charge in [0.25, 0.3) is 0 Å². The molecule has 15 rings (SSSR count). The van der Waals surface area contributed by atoms with Crippen LogP contribution >= 0.6 is 0 Å². The van der Waals surface area contributed by atoms with E-state index < -0.39 is 10.8 Å². The Bertz CT molecular complexity index is 4870. The standard InChI is InChI=1S/C84H67B7N2O3/c1-3-49-23-35-55(36-24-49)83(71-73(85)77(89)80(94)78(90)74(71)86)67-21-13-11-19-63(67)65-45-43-61(47-69(65)83)92(57-15-7-5-8-16-57)59-39-31-53(32-40-59)51-27-29-52(30-28-51)54-33-41-60(42-34-54)93(58-17-9-6-10-18-58)62-44-46-66-64-20-12-14-22-68(64)84(70(66)48-62,56-37-25-50(4-2)26-38-56)72-75(87)79(91)82(96)81(95)76(72)88/h3-48,94-96H,1-2,85-91H2. The molecule has 0 saturated carbocycles. The Labute approximate surface area is 569 Å². The zero-order chi connectivity index (χ0) is 66.3. The van der Waals surface area contributed by atoms with E-state index in [1.807, 2.05) is 43.5 Å². The summed E-state index contributed by atoms with van der Waals surface area (Å²) in [6.07, 6.45) is 3.77.